The summed E-state index contributed by atoms with van der Waals surface area (Å²) in [5.74, 6) is 0. The Morgan fingerprint density at radius 3 is 0.812 bits per heavy atom. The number of anilines is 6. The summed E-state index contributed by atoms with van der Waals surface area (Å²) in [5.41, 5.74) is 24.5. The molecule has 0 saturated heterocycles. The van der Waals surface area contributed by atoms with Gasteiger partial charge in [0.25, 0.3) is 0 Å². The van der Waals surface area contributed by atoms with Crippen LogP contribution in [0.1, 0.15) is 55.6 Å². The maximum absolute atomic E-state index is 2.50. The Labute approximate surface area is 379 Å². The first-order valence-electron chi connectivity index (χ1n) is 22.7. The summed E-state index contributed by atoms with van der Waals surface area (Å²) >= 11 is 0. The van der Waals surface area contributed by atoms with Gasteiger partial charge in [-0.25, -0.2) is 0 Å². The van der Waals surface area contributed by atoms with Crippen LogP contribution < -0.4 is 9.80 Å². The van der Waals surface area contributed by atoms with Gasteiger partial charge in [0.2, 0.25) is 0 Å². The zero-order valence-electron chi connectivity index (χ0n) is 38.9. The van der Waals surface area contributed by atoms with Gasteiger partial charge >= 0.3 is 0 Å². The molecule has 2 nitrogen and oxygen atoms in total. The summed E-state index contributed by atoms with van der Waals surface area (Å²) in [5, 5.41) is 7.48. The summed E-state index contributed by atoms with van der Waals surface area (Å²) < 4.78 is 0. The van der Waals surface area contributed by atoms with Gasteiger partial charge in [-0.3, -0.25) is 0 Å². The third-order valence-electron chi connectivity index (χ3n) is 14.1. The number of hydrogen-bond donors (Lipinski definition) is 0. The molecular weight excluding hydrogens is 773 g/mol. The Balaban J connectivity index is 1.39. The lowest BCUT2D eigenvalue weighted by Gasteiger charge is -2.31. The molecular formula is C62H56N2. The van der Waals surface area contributed by atoms with Crippen LogP contribution in [0.4, 0.5) is 34.1 Å². The molecule has 0 aliphatic heterocycles. The molecule has 0 spiro atoms. The van der Waals surface area contributed by atoms with Crippen LogP contribution in [-0.2, 0) is 0 Å². The van der Waals surface area contributed by atoms with E-state index in [0.717, 1.165) is 34.1 Å². The Morgan fingerprint density at radius 1 is 0.250 bits per heavy atom. The fraction of sp³-hybridized carbons (Fsp3) is 0.161. The van der Waals surface area contributed by atoms with Crippen molar-refractivity contribution in [1.82, 2.24) is 0 Å². The second-order valence-corrected chi connectivity index (χ2v) is 18.4. The van der Waals surface area contributed by atoms with Gasteiger partial charge in [-0.05, 0) is 207 Å². The molecule has 0 atom stereocenters. The van der Waals surface area contributed by atoms with Crippen LogP contribution in [0, 0.1) is 69.2 Å². The SMILES string of the molecule is Cc1ccc(-c2cc(N(c3ccc(C)c(C)c3)c3ccc(C)c(C)c3)c3ccc4c(-c5ccc(C)cc5)cc(N(c5ccc(C)c(C)c5)c5ccc(C)c(C)c5)c5ccc2c3c45)cc1. The van der Waals surface area contributed by atoms with Crippen LogP contribution in [0.2, 0.25) is 0 Å². The molecule has 0 saturated carbocycles. The lowest BCUT2D eigenvalue weighted by molar-refractivity contribution is 1.24. The van der Waals surface area contributed by atoms with E-state index < -0.39 is 0 Å². The number of aryl methyl sites for hydroxylation is 10. The van der Waals surface area contributed by atoms with E-state index in [-0.39, 0.29) is 0 Å². The maximum atomic E-state index is 2.50. The van der Waals surface area contributed by atoms with Gasteiger partial charge < -0.3 is 9.80 Å². The minimum Gasteiger partial charge on any atom is -0.310 e. The van der Waals surface area contributed by atoms with E-state index in [4.69, 9.17) is 0 Å². The summed E-state index contributed by atoms with van der Waals surface area (Å²) in [7, 11) is 0. The standard InChI is InChI=1S/C62H56N2/c1-37-11-19-47(20-12-37)57-35-59(63(49-23-15-39(3)43(7)31-49)50-24-16-40(4)44(8)32-50)55-30-28-54-58(48-21-13-38(2)14-22-48)36-60(56-29-27-53(57)61(55)62(54)56)64(51-25-17-41(5)45(9)33-51)52-26-18-42(6)46(10)34-52/h11-36H,1-10H3. The zero-order chi connectivity index (χ0) is 44.6. The monoisotopic (exact) mass is 828 g/mol. The lowest BCUT2D eigenvalue weighted by atomic mass is 9.85. The van der Waals surface area contributed by atoms with E-state index in [2.05, 4.69) is 237 Å². The van der Waals surface area contributed by atoms with Crippen LogP contribution in [-0.4, -0.2) is 0 Å². The molecule has 2 heteroatoms. The fourth-order valence-corrected chi connectivity index (χ4v) is 9.58. The van der Waals surface area contributed by atoms with Crippen LogP contribution in [0.15, 0.2) is 158 Å². The topological polar surface area (TPSA) is 6.48 Å². The van der Waals surface area contributed by atoms with Gasteiger partial charge in [-0.2, -0.15) is 0 Å². The molecule has 10 aromatic carbocycles. The van der Waals surface area contributed by atoms with E-state index in [9.17, 15) is 0 Å². The predicted octanol–water partition coefficient (Wildman–Crippen LogP) is 17.9. The molecule has 0 radical (unpaired) electrons. The summed E-state index contributed by atoms with van der Waals surface area (Å²) in [4.78, 5) is 5.00. The quantitative estimate of drug-likeness (QED) is 0.141. The second-order valence-electron chi connectivity index (χ2n) is 18.4. The molecule has 0 bridgehead atoms. The van der Waals surface area contributed by atoms with Gasteiger partial charge in [-0.15, -0.1) is 0 Å². The van der Waals surface area contributed by atoms with E-state index in [0.29, 0.717) is 0 Å². The Hall–Kier alpha value is -7.16. The Morgan fingerprint density at radius 2 is 0.531 bits per heavy atom. The van der Waals surface area contributed by atoms with Crippen LogP contribution in [0.25, 0.3) is 54.6 Å². The highest BCUT2D eigenvalue weighted by Crippen LogP contribution is 2.52. The molecule has 10 aromatic rings. The molecule has 0 aliphatic carbocycles. The first kappa shape index (κ1) is 40.9. The Bertz CT molecular complexity index is 3090. The zero-order valence-corrected chi connectivity index (χ0v) is 38.9. The van der Waals surface area contributed by atoms with E-state index in [1.807, 2.05) is 0 Å². The van der Waals surface area contributed by atoms with Crippen LogP contribution >= 0.6 is 0 Å². The fourth-order valence-electron chi connectivity index (χ4n) is 9.58. The molecule has 0 fully saturated rings. The number of hydrogen-bond acceptors (Lipinski definition) is 2. The van der Waals surface area contributed by atoms with Crippen LogP contribution in [0.3, 0.4) is 0 Å². The normalized spacial score (nSPS) is 11.6. The molecule has 0 N–H and O–H groups in total. The van der Waals surface area contributed by atoms with Gasteiger partial charge in [0.1, 0.15) is 0 Å². The van der Waals surface area contributed by atoms with E-state index in [1.165, 1.54) is 110 Å². The first-order valence-corrected chi connectivity index (χ1v) is 22.7. The van der Waals surface area contributed by atoms with Gasteiger partial charge in [0, 0.05) is 44.3 Å². The van der Waals surface area contributed by atoms with Crippen molar-refractivity contribution in [2.24, 2.45) is 0 Å². The van der Waals surface area contributed by atoms with E-state index >= 15 is 0 Å². The van der Waals surface area contributed by atoms with Crippen LogP contribution in [0.5, 0.6) is 0 Å². The average Bonchev–Trinajstić information content (AvgIpc) is 3.29. The smallest absolute Gasteiger partial charge is 0.0546 e. The third-order valence-corrected chi connectivity index (χ3v) is 14.1. The highest BCUT2D eigenvalue weighted by atomic mass is 15.2. The lowest BCUT2D eigenvalue weighted by Crippen LogP contribution is -2.13. The first-order chi connectivity index (χ1) is 30.8. The second kappa shape index (κ2) is 15.9. The van der Waals surface area contributed by atoms with Crippen molar-refractivity contribution >= 4 is 66.4 Å². The molecule has 0 heterocycles. The molecule has 0 aromatic heterocycles. The highest BCUT2D eigenvalue weighted by molar-refractivity contribution is 6.32. The molecule has 10 rings (SSSR count). The van der Waals surface area contributed by atoms with Crippen molar-refractivity contribution in [1.29, 1.82) is 0 Å². The summed E-state index contributed by atoms with van der Waals surface area (Å²) in [6.07, 6.45) is 0. The minimum absolute atomic E-state index is 1.15. The van der Waals surface area contributed by atoms with Crippen molar-refractivity contribution in [3.8, 4) is 22.3 Å². The Kier molecular flexibility index (Phi) is 10.1. The number of benzene rings is 10. The van der Waals surface area contributed by atoms with E-state index in [1.54, 1.807) is 0 Å². The maximum Gasteiger partial charge on any atom is 0.0546 e. The van der Waals surface area contributed by atoms with Crippen molar-refractivity contribution in [3.05, 3.63) is 213 Å². The minimum atomic E-state index is 1.15. The third kappa shape index (κ3) is 6.99. The molecule has 0 aliphatic rings. The molecule has 314 valence electrons. The average molecular weight is 829 g/mol. The highest BCUT2D eigenvalue weighted by Gasteiger charge is 2.26. The summed E-state index contributed by atoms with van der Waals surface area (Å²) in [6.45, 7) is 22.1. The largest absolute Gasteiger partial charge is 0.310 e. The molecule has 64 heavy (non-hydrogen) atoms. The van der Waals surface area contributed by atoms with Crippen molar-refractivity contribution < 1.29 is 0 Å². The summed E-state index contributed by atoms with van der Waals surface area (Å²) in [6, 6.07) is 60.3. The van der Waals surface area contributed by atoms with Crippen molar-refractivity contribution in [2.45, 2.75) is 69.2 Å². The van der Waals surface area contributed by atoms with Crippen molar-refractivity contribution in [2.75, 3.05) is 9.80 Å². The van der Waals surface area contributed by atoms with Crippen molar-refractivity contribution in [3.63, 3.8) is 0 Å². The number of nitrogens with zero attached hydrogens (tertiary/aromatic N) is 2. The predicted molar refractivity (Wildman–Crippen MR) is 278 cm³/mol. The van der Waals surface area contributed by atoms with Gasteiger partial charge in [0.05, 0.1) is 11.4 Å². The molecule has 0 amide bonds. The number of rotatable bonds is 8. The molecule has 0 unspecified atom stereocenters. The van der Waals surface area contributed by atoms with Gasteiger partial charge in [0.15, 0.2) is 0 Å². The van der Waals surface area contributed by atoms with Gasteiger partial charge in [-0.1, -0.05) is 108 Å².